The summed E-state index contributed by atoms with van der Waals surface area (Å²) in [7, 11) is 0. The van der Waals surface area contributed by atoms with E-state index in [2.05, 4.69) is 85.7 Å². The second-order valence-corrected chi connectivity index (χ2v) is 5.69. The van der Waals surface area contributed by atoms with Crippen LogP contribution in [0.15, 0.2) is 57.5 Å². The van der Waals surface area contributed by atoms with Gasteiger partial charge < -0.3 is 5.32 Å². The molecule has 0 saturated carbocycles. The Balaban J connectivity index is 0.000000861. The summed E-state index contributed by atoms with van der Waals surface area (Å²) in [6.45, 7) is 5.78. The van der Waals surface area contributed by atoms with Gasteiger partial charge in [-0.2, -0.15) is 0 Å². The molecule has 0 heterocycles. The molecule has 0 fully saturated rings. The fourth-order valence-corrected chi connectivity index (χ4v) is 2.08. The predicted octanol–water partition coefficient (Wildman–Crippen LogP) is 5.53. The zero-order chi connectivity index (χ0) is 14.1. The molecule has 0 saturated heterocycles. The second-order valence-electron chi connectivity index (χ2n) is 3.86. The van der Waals surface area contributed by atoms with E-state index < -0.39 is 0 Å². The van der Waals surface area contributed by atoms with Crippen LogP contribution in [0.4, 0.5) is 0 Å². The Morgan fingerprint density at radius 2 is 1.00 bits per heavy atom. The lowest BCUT2D eigenvalue weighted by molar-refractivity contribution is 0.693. The highest BCUT2D eigenvalue weighted by Crippen LogP contribution is 2.12. The molecule has 0 radical (unpaired) electrons. The van der Waals surface area contributed by atoms with Crippen molar-refractivity contribution in [3.8, 4) is 0 Å². The summed E-state index contributed by atoms with van der Waals surface area (Å²) in [6, 6.07) is 16.8. The molecule has 0 bridgehead atoms. The molecular formula is C16H19Br2N. The topological polar surface area (TPSA) is 12.0 Å². The van der Waals surface area contributed by atoms with Crippen LogP contribution in [0.2, 0.25) is 0 Å². The average molecular weight is 385 g/mol. The van der Waals surface area contributed by atoms with Crippen molar-refractivity contribution < 1.29 is 0 Å². The Morgan fingerprint density at radius 1 is 0.684 bits per heavy atom. The maximum Gasteiger partial charge on any atom is 0.0208 e. The summed E-state index contributed by atoms with van der Waals surface area (Å²) < 4.78 is 2.24. The first-order chi connectivity index (χ1) is 9.24. The zero-order valence-electron chi connectivity index (χ0n) is 11.3. The number of nitrogens with one attached hydrogen (secondary N) is 1. The number of halogens is 2. The normalized spacial score (nSPS) is 9.68. The van der Waals surface area contributed by atoms with Gasteiger partial charge in [0.05, 0.1) is 0 Å². The van der Waals surface area contributed by atoms with Crippen LogP contribution in [0.5, 0.6) is 0 Å². The lowest BCUT2D eigenvalue weighted by atomic mass is 10.2. The number of benzene rings is 2. The Morgan fingerprint density at radius 3 is 1.32 bits per heavy atom. The van der Waals surface area contributed by atoms with Crippen LogP contribution in [-0.2, 0) is 13.1 Å². The number of rotatable bonds is 4. The van der Waals surface area contributed by atoms with E-state index in [9.17, 15) is 0 Å². The molecule has 0 spiro atoms. The van der Waals surface area contributed by atoms with E-state index in [1.165, 1.54) is 11.1 Å². The van der Waals surface area contributed by atoms with E-state index in [1.807, 2.05) is 13.8 Å². The first-order valence-corrected chi connectivity index (χ1v) is 8.02. The van der Waals surface area contributed by atoms with E-state index in [0.29, 0.717) is 0 Å². The SMILES string of the molecule is Brc1ccc(CNCc2ccc(Br)cc2)cc1.CC. The average Bonchev–Trinajstić information content (AvgIpc) is 2.45. The molecule has 0 aliphatic carbocycles. The van der Waals surface area contributed by atoms with Crippen molar-refractivity contribution in [2.45, 2.75) is 26.9 Å². The molecule has 102 valence electrons. The highest BCUT2D eigenvalue weighted by atomic mass is 79.9. The van der Waals surface area contributed by atoms with Crippen molar-refractivity contribution >= 4 is 31.9 Å². The van der Waals surface area contributed by atoms with E-state index in [-0.39, 0.29) is 0 Å². The Hall–Kier alpha value is -0.640. The van der Waals surface area contributed by atoms with Gasteiger partial charge in [-0.3, -0.25) is 0 Å². The predicted molar refractivity (Wildman–Crippen MR) is 90.2 cm³/mol. The third-order valence-corrected chi connectivity index (χ3v) is 3.54. The Labute approximate surface area is 132 Å². The lowest BCUT2D eigenvalue weighted by Crippen LogP contribution is -2.12. The molecule has 0 unspecified atom stereocenters. The first kappa shape index (κ1) is 16.4. The molecule has 2 rings (SSSR count). The molecule has 0 aromatic heterocycles. The van der Waals surface area contributed by atoms with Gasteiger partial charge in [0.15, 0.2) is 0 Å². The fraction of sp³-hybridized carbons (Fsp3) is 0.250. The van der Waals surface area contributed by atoms with E-state index in [0.717, 1.165) is 22.0 Å². The first-order valence-electron chi connectivity index (χ1n) is 6.43. The van der Waals surface area contributed by atoms with Crippen molar-refractivity contribution in [2.24, 2.45) is 0 Å². The van der Waals surface area contributed by atoms with Crippen molar-refractivity contribution in [1.29, 1.82) is 0 Å². The van der Waals surface area contributed by atoms with Crippen LogP contribution in [0, 0.1) is 0 Å². The molecule has 19 heavy (non-hydrogen) atoms. The summed E-state index contributed by atoms with van der Waals surface area (Å²) in [5.74, 6) is 0. The fourth-order valence-electron chi connectivity index (χ4n) is 1.56. The highest BCUT2D eigenvalue weighted by Gasteiger charge is 1.95. The minimum absolute atomic E-state index is 0.892. The van der Waals surface area contributed by atoms with Gasteiger partial charge in [-0.1, -0.05) is 70.0 Å². The molecule has 1 nitrogen and oxygen atoms in total. The molecule has 0 atom stereocenters. The summed E-state index contributed by atoms with van der Waals surface area (Å²) in [5.41, 5.74) is 2.59. The van der Waals surface area contributed by atoms with Gasteiger partial charge in [-0.25, -0.2) is 0 Å². The minimum atomic E-state index is 0.892. The summed E-state index contributed by atoms with van der Waals surface area (Å²) >= 11 is 6.86. The van der Waals surface area contributed by atoms with E-state index in [1.54, 1.807) is 0 Å². The summed E-state index contributed by atoms with van der Waals surface area (Å²) in [6.07, 6.45) is 0. The van der Waals surface area contributed by atoms with Crippen LogP contribution in [0.3, 0.4) is 0 Å². The van der Waals surface area contributed by atoms with Crippen molar-refractivity contribution in [3.63, 3.8) is 0 Å². The summed E-state index contributed by atoms with van der Waals surface area (Å²) in [4.78, 5) is 0. The van der Waals surface area contributed by atoms with E-state index in [4.69, 9.17) is 0 Å². The Kier molecular flexibility index (Phi) is 8.03. The van der Waals surface area contributed by atoms with Gasteiger partial charge in [-0.15, -0.1) is 0 Å². The van der Waals surface area contributed by atoms with Crippen LogP contribution in [-0.4, -0.2) is 0 Å². The third kappa shape index (κ3) is 6.37. The van der Waals surface area contributed by atoms with Crippen LogP contribution in [0.25, 0.3) is 0 Å². The quantitative estimate of drug-likeness (QED) is 0.730. The van der Waals surface area contributed by atoms with Gasteiger partial charge in [0.2, 0.25) is 0 Å². The largest absolute Gasteiger partial charge is 0.309 e. The molecule has 2 aromatic carbocycles. The van der Waals surface area contributed by atoms with Gasteiger partial charge in [0.25, 0.3) is 0 Å². The van der Waals surface area contributed by atoms with E-state index >= 15 is 0 Å². The monoisotopic (exact) mass is 383 g/mol. The van der Waals surface area contributed by atoms with Gasteiger partial charge in [0, 0.05) is 22.0 Å². The molecule has 0 aliphatic rings. The highest BCUT2D eigenvalue weighted by molar-refractivity contribution is 9.10. The van der Waals surface area contributed by atoms with Gasteiger partial charge in [0.1, 0.15) is 0 Å². The van der Waals surface area contributed by atoms with Gasteiger partial charge >= 0.3 is 0 Å². The number of hydrogen-bond acceptors (Lipinski definition) is 1. The lowest BCUT2D eigenvalue weighted by Gasteiger charge is -2.05. The third-order valence-electron chi connectivity index (χ3n) is 2.48. The molecule has 0 aliphatic heterocycles. The Bertz CT molecular complexity index is 418. The molecule has 0 amide bonds. The standard InChI is InChI=1S/C14H13Br2N.C2H6/c15-13-5-1-11(2-6-13)9-17-10-12-3-7-14(16)8-4-12;1-2/h1-8,17H,9-10H2;1-2H3. The molecule has 2 aromatic rings. The van der Waals surface area contributed by atoms with Crippen molar-refractivity contribution in [3.05, 3.63) is 68.6 Å². The minimum Gasteiger partial charge on any atom is -0.309 e. The molecular weight excluding hydrogens is 366 g/mol. The summed E-state index contributed by atoms with van der Waals surface area (Å²) in [5, 5.41) is 3.43. The molecule has 3 heteroatoms. The van der Waals surface area contributed by atoms with Crippen molar-refractivity contribution in [2.75, 3.05) is 0 Å². The van der Waals surface area contributed by atoms with Crippen LogP contribution < -0.4 is 5.32 Å². The van der Waals surface area contributed by atoms with Gasteiger partial charge in [-0.05, 0) is 35.4 Å². The number of hydrogen-bond donors (Lipinski definition) is 1. The van der Waals surface area contributed by atoms with Crippen LogP contribution in [0.1, 0.15) is 25.0 Å². The van der Waals surface area contributed by atoms with Crippen LogP contribution >= 0.6 is 31.9 Å². The smallest absolute Gasteiger partial charge is 0.0208 e. The zero-order valence-corrected chi connectivity index (χ0v) is 14.5. The van der Waals surface area contributed by atoms with Crippen molar-refractivity contribution in [1.82, 2.24) is 5.32 Å². The molecule has 1 N–H and O–H groups in total. The second kappa shape index (κ2) is 9.29. The maximum absolute atomic E-state index is 3.43. The maximum atomic E-state index is 3.43.